The van der Waals surface area contributed by atoms with Crippen molar-refractivity contribution in [2.75, 3.05) is 31.1 Å². The average molecular weight is 619 g/mol. The van der Waals surface area contributed by atoms with Gasteiger partial charge in [0.1, 0.15) is 5.82 Å². The molecule has 0 spiro atoms. The lowest BCUT2D eigenvalue weighted by molar-refractivity contribution is -0.137. The van der Waals surface area contributed by atoms with E-state index in [1.807, 2.05) is 17.0 Å². The number of pyridine rings is 1. The van der Waals surface area contributed by atoms with E-state index in [4.69, 9.17) is 0 Å². The third-order valence-electron chi connectivity index (χ3n) is 7.37. The van der Waals surface area contributed by atoms with Crippen molar-refractivity contribution in [1.82, 2.24) is 24.6 Å². The van der Waals surface area contributed by atoms with Crippen molar-refractivity contribution in [2.24, 2.45) is 0 Å². The lowest BCUT2D eigenvalue weighted by atomic mass is 10.1. The summed E-state index contributed by atoms with van der Waals surface area (Å²) < 4.78 is 56.7. The van der Waals surface area contributed by atoms with Gasteiger partial charge in [0, 0.05) is 55.5 Å². The minimum atomic E-state index is -4.52. The zero-order chi connectivity index (χ0) is 30.7. The van der Waals surface area contributed by atoms with Crippen LogP contribution in [0.1, 0.15) is 21.5 Å². The largest absolute Gasteiger partial charge is 0.416 e. The van der Waals surface area contributed by atoms with Crippen LogP contribution in [0.15, 0.2) is 102 Å². The van der Waals surface area contributed by atoms with Crippen molar-refractivity contribution in [2.45, 2.75) is 17.1 Å². The van der Waals surface area contributed by atoms with E-state index < -0.39 is 11.7 Å². The average Bonchev–Trinajstić information content (AvgIpc) is 3.48. The Labute approximate surface area is 255 Å². The van der Waals surface area contributed by atoms with Gasteiger partial charge in [0.05, 0.1) is 16.9 Å². The number of nitrogens with zero attached hydrogens (tertiary/aromatic N) is 6. The number of hydrogen-bond donors (Lipinski definition) is 0. The molecular weight excluding hydrogens is 592 g/mol. The Kier molecular flexibility index (Phi) is 8.34. The Balaban J connectivity index is 1.24. The SMILES string of the molecule is O=C(c1ccccc1CSc1nnc(-c2ccncc2)n1-c1cccc(C(F)(F)F)c1)N1CCN(c2ccccc2F)CC1. The highest BCUT2D eigenvalue weighted by molar-refractivity contribution is 7.98. The van der Waals surface area contributed by atoms with Crippen molar-refractivity contribution in [3.8, 4) is 17.1 Å². The number of alkyl halides is 3. The standard InChI is InChI=1S/C32H26F4N6OS/c33-27-10-3-4-11-28(27)40-16-18-41(19-17-40)30(43)26-9-2-1-6-23(26)21-44-31-39-38-29(22-12-14-37-15-13-22)42(31)25-8-5-7-24(20-25)32(34,35)36/h1-15,20H,16-19,21H2. The summed E-state index contributed by atoms with van der Waals surface area (Å²) in [5, 5.41) is 9.01. The Morgan fingerprint density at radius 3 is 2.32 bits per heavy atom. The molecule has 1 aliphatic rings. The monoisotopic (exact) mass is 618 g/mol. The Hall–Kier alpha value is -4.71. The van der Waals surface area contributed by atoms with Crippen molar-refractivity contribution in [1.29, 1.82) is 0 Å². The summed E-state index contributed by atoms with van der Waals surface area (Å²) in [6.45, 7) is 1.88. The van der Waals surface area contributed by atoms with Gasteiger partial charge in [0.15, 0.2) is 11.0 Å². The van der Waals surface area contributed by atoms with E-state index in [1.165, 1.54) is 23.9 Å². The maximum Gasteiger partial charge on any atom is 0.416 e. The number of aromatic nitrogens is 4. The van der Waals surface area contributed by atoms with Crippen molar-refractivity contribution >= 4 is 23.4 Å². The maximum absolute atomic E-state index is 14.3. The number of carbonyl (C=O) groups excluding carboxylic acids is 1. The van der Waals surface area contributed by atoms with Gasteiger partial charge in [-0.1, -0.05) is 48.2 Å². The van der Waals surface area contributed by atoms with Gasteiger partial charge in [0.25, 0.3) is 5.91 Å². The second-order valence-electron chi connectivity index (χ2n) is 10.1. The molecule has 6 rings (SSSR count). The van der Waals surface area contributed by atoms with Gasteiger partial charge in [-0.15, -0.1) is 10.2 Å². The predicted octanol–water partition coefficient (Wildman–Crippen LogP) is 6.74. The number of anilines is 1. The van der Waals surface area contributed by atoms with Crippen LogP contribution >= 0.6 is 11.8 Å². The molecule has 12 heteroatoms. The molecule has 3 heterocycles. The number of carbonyl (C=O) groups is 1. The van der Waals surface area contributed by atoms with Gasteiger partial charge < -0.3 is 9.80 Å². The summed E-state index contributed by atoms with van der Waals surface area (Å²) >= 11 is 1.27. The van der Waals surface area contributed by atoms with E-state index in [0.29, 0.717) is 59.7 Å². The van der Waals surface area contributed by atoms with Crippen LogP contribution in [-0.4, -0.2) is 56.7 Å². The first-order chi connectivity index (χ1) is 21.3. The van der Waals surface area contributed by atoms with Gasteiger partial charge >= 0.3 is 6.18 Å². The second-order valence-corrected chi connectivity index (χ2v) is 11.0. The van der Waals surface area contributed by atoms with Crippen molar-refractivity contribution < 1.29 is 22.4 Å². The van der Waals surface area contributed by atoms with Crippen LogP contribution in [0.3, 0.4) is 0 Å². The fraction of sp³-hybridized carbons (Fsp3) is 0.188. The molecule has 1 saturated heterocycles. The molecule has 3 aromatic carbocycles. The molecule has 44 heavy (non-hydrogen) atoms. The first-order valence-corrected chi connectivity index (χ1v) is 14.8. The van der Waals surface area contributed by atoms with E-state index in [0.717, 1.165) is 17.7 Å². The van der Waals surface area contributed by atoms with Crippen LogP contribution < -0.4 is 4.90 Å². The summed E-state index contributed by atoms with van der Waals surface area (Å²) in [5.41, 5.74) is 1.92. The Morgan fingerprint density at radius 2 is 1.57 bits per heavy atom. The topological polar surface area (TPSA) is 67.2 Å². The number of para-hydroxylation sites is 1. The molecule has 224 valence electrons. The highest BCUT2D eigenvalue weighted by Gasteiger charge is 2.31. The zero-order valence-corrected chi connectivity index (χ0v) is 24.1. The molecule has 0 aliphatic carbocycles. The van der Waals surface area contributed by atoms with Crippen LogP contribution in [0.25, 0.3) is 17.1 Å². The lowest BCUT2D eigenvalue weighted by Crippen LogP contribution is -2.49. The van der Waals surface area contributed by atoms with Crippen LogP contribution in [0.5, 0.6) is 0 Å². The van der Waals surface area contributed by atoms with Gasteiger partial charge in [-0.25, -0.2) is 4.39 Å². The predicted molar refractivity (Wildman–Crippen MR) is 160 cm³/mol. The molecular formula is C32H26F4N6OS. The summed E-state index contributed by atoms with van der Waals surface area (Å²) in [6.07, 6.45) is -1.37. The van der Waals surface area contributed by atoms with Gasteiger partial charge in [-0.2, -0.15) is 13.2 Å². The van der Waals surface area contributed by atoms with E-state index in [-0.39, 0.29) is 17.4 Å². The summed E-state index contributed by atoms with van der Waals surface area (Å²) in [4.78, 5) is 21.3. The molecule has 0 atom stereocenters. The number of benzene rings is 3. The van der Waals surface area contributed by atoms with Crippen molar-refractivity contribution in [3.05, 3.63) is 120 Å². The van der Waals surface area contributed by atoms with Gasteiger partial charge in [-0.3, -0.25) is 14.3 Å². The highest BCUT2D eigenvalue weighted by Crippen LogP contribution is 2.34. The Bertz CT molecular complexity index is 1770. The molecule has 1 amide bonds. The maximum atomic E-state index is 14.3. The number of rotatable bonds is 7. The smallest absolute Gasteiger partial charge is 0.366 e. The summed E-state index contributed by atoms with van der Waals surface area (Å²) in [6, 6.07) is 22.3. The van der Waals surface area contributed by atoms with Gasteiger partial charge in [0.2, 0.25) is 0 Å². The molecule has 1 fully saturated rings. The van der Waals surface area contributed by atoms with Crippen LogP contribution in [0, 0.1) is 5.82 Å². The summed E-state index contributed by atoms with van der Waals surface area (Å²) in [5.74, 6) is 0.266. The molecule has 0 unspecified atom stereocenters. The zero-order valence-electron chi connectivity index (χ0n) is 23.3. The quantitative estimate of drug-likeness (QED) is 0.149. The highest BCUT2D eigenvalue weighted by atomic mass is 32.2. The Morgan fingerprint density at radius 1 is 0.841 bits per heavy atom. The molecule has 0 N–H and O–H groups in total. The van der Waals surface area contributed by atoms with E-state index >= 15 is 0 Å². The number of halogens is 4. The molecule has 1 aliphatic heterocycles. The minimum Gasteiger partial charge on any atom is -0.366 e. The molecule has 0 radical (unpaired) electrons. The minimum absolute atomic E-state index is 0.133. The molecule has 7 nitrogen and oxygen atoms in total. The second kappa shape index (κ2) is 12.5. The first-order valence-electron chi connectivity index (χ1n) is 13.8. The van der Waals surface area contributed by atoms with E-state index in [1.54, 1.807) is 70.4 Å². The van der Waals surface area contributed by atoms with Gasteiger partial charge in [-0.05, 0) is 54.1 Å². The molecule has 2 aromatic heterocycles. The van der Waals surface area contributed by atoms with Crippen LogP contribution in [0.4, 0.5) is 23.2 Å². The van der Waals surface area contributed by atoms with Crippen LogP contribution in [-0.2, 0) is 11.9 Å². The third-order valence-corrected chi connectivity index (χ3v) is 8.35. The first kappa shape index (κ1) is 29.4. The van der Waals surface area contributed by atoms with E-state index in [2.05, 4.69) is 15.2 Å². The number of amides is 1. The molecule has 5 aromatic rings. The number of thioether (sulfide) groups is 1. The van der Waals surface area contributed by atoms with E-state index in [9.17, 15) is 22.4 Å². The van der Waals surface area contributed by atoms with Crippen LogP contribution in [0.2, 0.25) is 0 Å². The third kappa shape index (κ3) is 6.16. The normalized spacial score (nSPS) is 13.7. The number of piperazine rings is 1. The molecule has 0 bridgehead atoms. The summed E-state index contributed by atoms with van der Waals surface area (Å²) in [7, 11) is 0. The van der Waals surface area contributed by atoms with Crippen molar-refractivity contribution in [3.63, 3.8) is 0 Å². The fourth-order valence-electron chi connectivity index (χ4n) is 5.13. The fourth-order valence-corrected chi connectivity index (χ4v) is 6.09. The lowest BCUT2D eigenvalue weighted by Gasteiger charge is -2.36. The molecule has 0 saturated carbocycles. The number of hydrogen-bond acceptors (Lipinski definition) is 6.